The highest BCUT2D eigenvalue weighted by molar-refractivity contribution is 6.31. The Labute approximate surface area is 366 Å². The minimum Gasteiger partial charge on any atom is -0.481 e. The molecule has 0 radical (unpaired) electrons. The Morgan fingerprint density at radius 2 is 1.54 bits per heavy atom. The molecule has 1 aliphatic heterocycles. The van der Waals surface area contributed by atoms with Crippen LogP contribution in [-0.4, -0.2) is 101 Å². The van der Waals surface area contributed by atoms with Crippen molar-refractivity contribution in [1.29, 1.82) is 0 Å². The number of carbonyl (C=O) groups is 4. The number of hydrogen-bond donors (Lipinski definition) is 4. The molecule has 5 N–H and O–H groups in total. The summed E-state index contributed by atoms with van der Waals surface area (Å²) in [4.78, 5) is 49.6. The van der Waals surface area contributed by atoms with Gasteiger partial charge in [-0.15, -0.1) is 0 Å². The molecule has 0 spiro atoms. The average molecular weight is 866 g/mol. The van der Waals surface area contributed by atoms with Gasteiger partial charge in [-0.1, -0.05) is 81.3 Å². The van der Waals surface area contributed by atoms with Crippen molar-refractivity contribution in [3.05, 3.63) is 123 Å². The van der Waals surface area contributed by atoms with E-state index in [4.69, 9.17) is 41.4 Å². The Morgan fingerprint density at radius 3 is 2.10 bits per heavy atom. The van der Waals surface area contributed by atoms with E-state index in [0.29, 0.717) is 58.8 Å². The maximum Gasteiger partial charge on any atom is 0.338 e. The number of aliphatic carboxylic acids is 1. The molecule has 0 aliphatic carbocycles. The fourth-order valence-corrected chi connectivity index (χ4v) is 6.34. The van der Waals surface area contributed by atoms with E-state index in [2.05, 4.69) is 31.4 Å². The number of carboxylic acid groups (broad SMARTS) is 1. The first kappa shape index (κ1) is 51.9. The number of carboxylic acids is 1. The molecule has 0 aromatic heterocycles. The first-order valence-corrected chi connectivity index (χ1v) is 21.0. The van der Waals surface area contributed by atoms with Gasteiger partial charge >= 0.3 is 23.9 Å². The number of nitrogens with one attached hydrogen (secondary N) is 2. The normalized spacial score (nSPS) is 13.3. The number of unbranched alkanes of at least 4 members (excludes halogenated alkanes) is 1. The second kappa shape index (κ2) is 28.3. The second-order valence-corrected chi connectivity index (χ2v) is 15.3. The summed E-state index contributed by atoms with van der Waals surface area (Å²) in [5.74, 6) is -2.26. The number of rotatable bonds is 20. The molecule has 0 fully saturated rings. The van der Waals surface area contributed by atoms with E-state index in [9.17, 15) is 19.2 Å². The van der Waals surface area contributed by atoms with E-state index < -0.39 is 23.8 Å². The third-order valence-corrected chi connectivity index (χ3v) is 9.39. The van der Waals surface area contributed by atoms with Crippen molar-refractivity contribution >= 4 is 41.2 Å². The minimum atomic E-state index is -0.776. The molecule has 1 atom stereocenters. The SMILES string of the molecule is CC(C)Cc1ccc(CC(=O)O)cc1.CCCCNc1ccc(C(=O)OCCN(C)C)cc1.CCOC(=O)C1=C(COCCN)NC(C)=C(C(=O)OC)C1c1ccccc1Cl. The van der Waals surface area contributed by atoms with E-state index in [1.54, 1.807) is 50.2 Å². The summed E-state index contributed by atoms with van der Waals surface area (Å²) in [7, 11) is 5.19. The fourth-order valence-electron chi connectivity index (χ4n) is 6.10. The molecule has 1 aliphatic rings. The monoisotopic (exact) mass is 864 g/mol. The van der Waals surface area contributed by atoms with E-state index in [0.717, 1.165) is 37.2 Å². The number of esters is 3. The maximum atomic E-state index is 12.9. The lowest BCUT2D eigenvalue weighted by molar-refractivity contribution is -0.139. The zero-order valence-electron chi connectivity index (χ0n) is 37.0. The van der Waals surface area contributed by atoms with Crippen molar-refractivity contribution in [2.24, 2.45) is 11.7 Å². The molecule has 0 saturated carbocycles. The van der Waals surface area contributed by atoms with Gasteiger partial charge in [-0.25, -0.2) is 14.4 Å². The van der Waals surface area contributed by atoms with Crippen LogP contribution in [0.4, 0.5) is 5.69 Å². The molecule has 14 heteroatoms. The largest absolute Gasteiger partial charge is 0.481 e. The van der Waals surface area contributed by atoms with Crippen LogP contribution < -0.4 is 16.4 Å². The number of benzene rings is 3. The van der Waals surface area contributed by atoms with Gasteiger partial charge in [0.05, 0.1) is 61.7 Å². The van der Waals surface area contributed by atoms with E-state index >= 15 is 0 Å². The summed E-state index contributed by atoms with van der Waals surface area (Å²) in [6.45, 7) is 13.0. The Balaban J connectivity index is 0.000000337. The van der Waals surface area contributed by atoms with E-state index in [-0.39, 0.29) is 31.2 Å². The molecule has 61 heavy (non-hydrogen) atoms. The topological polar surface area (TPSA) is 179 Å². The molecule has 4 rings (SSSR count). The van der Waals surface area contributed by atoms with Crippen LogP contribution in [0, 0.1) is 5.92 Å². The number of nitrogens with two attached hydrogens (primary N) is 1. The van der Waals surface area contributed by atoms with Crippen molar-refractivity contribution in [2.45, 2.75) is 66.2 Å². The van der Waals surface area contributed by atoms with Gasteiger partial charge in [0.15, 0.2) is 0 Å². The molecule has 13 nitrogen and oxygen atoms in total. The molecule has 0 saturated heterocycles. The first-order chi connectivity index (χ1) is 29.2. The lowest BCUT2D eigenvalue weighted by atomic mass is 9.80. The zero-order chi connectivity index (χ0) is 45.3. The highest BCUT2D eigenvalue weighted by Crippen LogP contribution is 2.41. The van der Waals surface area contributed by atoms with Crippen LogP contribution in [0.25, 0.3) is 0 Å². The van der Waals surface area contributed by atoms with Crippen LogP contribution in [0.15, 0.2) is 95.3 Å². The number of likely N-dealkylation sites (N-methyl/N-ethyl adjacent to an activating group) is 1. The summed E-state index contributed by atoms with van der Waals surface area (Å²) < 4.78 is 21.0. The van der Waals surface area contributed by atoms with Crippen LogP contribution in [0.1, 0.15) is 80.4 Å². The molecular formula is C47H65ClN4O9. The van der Waals surface area contributed by atoms with Gasteiger partial charge in [0, 0.05) is 36.0 Å². The number of allylic oxidation sites excluding steroid dienone is 1. The molecular weight excluding hydrogens is 800 g/mol. The minimum absolute atomic E-state index is 0.109. The quantitative estimate of drug-likeness (QED) is 0.0502. The van der Waals surface area contributed by atoms with E-state index in [1.807, 2.05) is 55.4 Å². The lowest BCUT2D eigenvalue weighted by Gasteiger charge is -2.31. The highest BCUT2D eigenvalue weighted by Gasteiger charge is 2.39. The number of dihydropyridines is 1. The van der Waals surface area contributed by atoms with Crippen molar-refractivity contribution in [2.75, 3.05) is 72.6 Å². The number of methoxy groups -OCH3 is 1. The van der Waals surface area contributed by atoms with Crippen LogP contribution in [0.5, 0.6) is 0 Å². The number of hydrogen-bond acceptors (Lipinski definition) is 12. The molecule has 3 aromatic carbocycles. The standard InChI is InChI=1S/C20H25ClN2O5.C15H24N2O2.C12H16O2/c1-4-28-20(25)18-15(11-27-10-9-22)23-12(2)16(19(24)26-3)17(18)13-7-5-6-8-14(13)21;1-4-5-10-16-14-8-6-13(7-9-14)15(18)19-12-11-17(2)3;1-9(2)7-10-3-5-11(6-4-10)8-12(13)14/h5-8,17,23H,4,9-11,22H2,1-3H3;6-9,16H,4-5,10-12H2,1-3H3;3-6,9H,7-8H2,1-2H3,(H,13,14). The number of halogens is 1. The van der Waals surface area contributed by atoms with Crippen LogP contribution in [0.2, 0.25) is 5.02 Å². The van der Waals surface area contributed by atoms with Crippen LogP contribution in [0.3, 0.4) is 0 Å². The third-order valence-electron chi connectivity index (χ3n) is 9.04. The molecule has 0 amide bonds. The van der Waals surface area contributed by atoms with Gasteiger partial charge < -0.3 is 45.3 Å². The Hall–Kier alpha value is -5.21. The van der Waals surface area contributed by atoms with Gasteiger partial charge in [0.25, 0.3) is 0 Å². The van der Waals surface area contributed by atoms with E-state index in [1.165, 1.54) is 19.1 Å². The first-order valence-electron chi connectivity index (χ1n) is 20.6. The molecule has 334 valence electrons. The predicted octanol–water partition coefficient (Wildman–Crippen LogP) is 7.40. The average Bonchev–Trinajstić information content (AvgIpc) is 3.22. The predicted molar refractivity (Wildman–Crippen MR) is 241 cm³/mol. The van der Waals surface area contributed by atoms with Gasteiger partial charge in [0.2, 0.25) is 0 Å². The Kier molecular flexibility index (Phi) is 24.1. The number of carbonyl (C=O) groups excluding carboxylic acids is 3. The molecule has 1 heterocycles. The van der Waals surface area contributed by atoms with Crippen molar-refractivity contribution in [1.82, 2.24) is 10.2 Å². The highest BCUT2D eigenvalue weighted by atomic mass is 35.5. The Morgan fingerprint density at radius 1 is 0.885 bits per heavy atom. The van der Waals surface area contributed by atoms with Crippen LogP contribution >= 0.6 is 11.6 Å². The Bertz CT molecular complexity index is 1890. The molecule has 0 bridgehead atoms. The van der Waals surface area contributed by atoms with Gasteiger partial charge in [-0.3, -0.25) is 4.79 Å². The summed E-state index contributed by atoms with van der Waals surface area (Å²) in [5.41, 5.74) is 11.5. The number of nitrogens with zero attached hydrogens (tertiary/aromatic N) is 1. The van der Waals surface area contributed by atoms with Gasteiger partial charge in [0.1, 0.15) is 6.61 Å². The summed E-state index contributed by atoms with van der Waals surface area (Å²) in [6.07, 6.45) is 3.48. The fraction of sp³-hybridized carbons (Fsp3) is 0.447. The molecule has 3 aromatic rings. The third kappa shape index (κ3) is 18.5. The zero-order valence-corrected chi connectivity index (χ0v) is 37.7. The molecule has 1 unspecified atom stereocenters. The van der Waals surface area contributed by atoms with Crippen LogP contribution in [-0.2, 0) is 46.2 Å². The van der Waals surface area contributed by atoms with Crippen molar-refractivity contribution < 1.29 is 43.2 Å². The van der Waals surface area contributed by atoms with Gasteiger partial charge in [-0.2, -0.15) is 0 Å². The summed E-state index contributed by atoms with van der Waals surface area (Å²) in [5, 5.41) is 15.4. The second-order valence-electron chi connectivity index (χ2n) is 14.8. The van der Waals surface area contributed by atoms with Gasteiger partial charge in [-0.05, 0) is 93.7 Å². The number of anilines is 1. The van der Waals surface area contributed by atoms with Crippen molar-refractivity contribution in [3.63, 3.8) is 0 Å². The smallest absolute Gasteiger partial charge is 0.338 e. The lowest BCUT2D eigenvalue weighted by Crippen LogP contribution is -2.35. The summed E-state index contributed by atoms with van der Waals surface area (Å²) >= 11 is 6.42. The maximum absolute atomic E-state index is 12.9. The summed E-state index contributed by atoms with van der Waals surface area (Å²) in [6, 6.07) is 22.3. The van der Waals surface area contributed by atoms with Crippen molar-refractivity contribution in [3.8, 4) is 0 Å². The number of ether oxygens (including phenoxy) is 4.